The van der Waals surface area contributed by atoms with Gasteiger partial charge in [0, 0.05) is 34.3 Å². The number of benzene rings is 3. The van der Waals surface area contributed by atoms with Crippen LogP contribution in [0.2, 0.25) is 0 Å². The molecule has 0 saturated carbocycles. The third-order valence-electron chi connectivity index (χ3n) is 4.79. The first-order chi connectivity index (χ1) is 14.3. The highest BCUT2D eigenvalue weighted by atomic mass is 32.2. The Labute approximate surface area is 175 Å². The summed E-state index contributed by atoms with van der Waals surface area (Å²) in [7, 11) is 0. The van der Waals surface area contributed by atoms with E-state index < -0.39 is 0 Å². The Morgan fingerprint density at radius 2 is 1.59 bits per heavy atom. The predicted molar refractivity (Wildman–Crippen MR) is 120 cm³/mol. The van der Waals surface area contributed by atoms with Crippen LogP contribution < -0.4 is 10.6 Å². The van der Waals surface area contributed by atoms with Gasteiger partial charge in [-0.2, -0.15) is 0 Å². The van der Waals surface area contributed by atoms with Gasteiger partial charge in [-0.25, -0.2) is 0 Å². The smallest absolute Gasteiger partial charge is 0.256 e. The standard InChI is InChI=1S/C24H24N2O2S/c27-24(22-10-4-5-11-23(22)29-17-21-9-6-16-28-21)26-20-14-12-19(13-15-20)25-18-7-2-1-3-8-18/h1-5,7-8,10-15,21,25H,6,9,16-17H2,(H,26,27)/t21-/m1/s1. The minimum Gasteiger partial charge on any atom is -0.377 e. The molecule has 1 atom stereocenters. The first kappa shape index (κ1) is 19.6. The zero-order valence-electron chi connectivity index (χ0n) is 16.1. The molecule has 0 bridgehead atoms. The zero-order valence-corrected chi connectivity index (χ0v) is 17.0. The average Bonchev–Trinajstić information content (AvgIpc) is 3.28. The highest BCUT2D eigenvalue weighted by Crippen LogP contribution is 2.27. The molecule has 2 N–H and O–H groups in total. The van der Waals surface area contributed by atoms with E-state index in [0.717, 1.165) is 47.2 Å². The second-order valence-corrected chi connectivity index (χ2v) is 8.03. The summed E-state index contributed by atoms with van der Waals surface area (Å²) in [5.41, 5.74) is 3.47. The van der Waals surface area contributed by atoms with Crippen molar-refractivity contribution in [3.8, 4) is 0 Å². The summed E-state index contributed by atoms with van der Waals surface area (Å²) in [6.45, 7) is 0.850. The number of carbonyl (C=O) groups is 1. The SMILES string of the molecule is O=C(Nc1ccc(Nc2ccccc2)cc1)c1ccccc1SC[C@H]1CCCO1. The minimum atomic E-state index is -0.0933. The van der Waals surface area contributed by atoms with Gasteiger partial charge in [0.1, 0.15) is 0 Å². The van der Waals surface area contributed by atoms with Gasteiger partial charge < -0.3 is 15.4 Å². The van der Waals surface area contributed by atoms with E-state index in [2.05, 4.69) is 10.6 Å². The fourth-order valence-electron chi connectivity index (χ4n) is 3.26. The predicted octanol–water partition coefficient (Wildman–Crippen LogP) is 5.95. The molecule has 5 heteroatoms. The van der Waals surface area contributed by atoms with Gasteiger partial charge in [0.2, 0.25) is 0 Å². The lowest BCUT2D eigenvalue weighted by Gasteiger charge is -2.13. The minimum absolute atomic E-state index is 0.0933. The highest BCUT2D eigenvalue weighted by Gasteiger charge is 2.18. The Hall–Kier alpha value is -2.76. The van der Waals surface area contributed by atoms with Gasteiger partial charge in [0.15, 0.2) is 0 Å². The van der Waals surface area contributed by atoms with E-state index in [1.807, 2.05) is 78.9 Å². The fraction of sp³-hybridized carbons (Fsp3) is 0.208. The van der Waals surface area contributed by atoms with Gasteiger partial charge in [-0.15, -0.1) is 11.8 Å². The molecule has 1 saturated heterocycles. The summed E-state index contributed by atoms with van der Waals surface area (Å²) < 4.78 is 5.70. The zero-order chi connectivity index (χ0) is 19.9. The lowest BCUT2D eigenvalue weighted by molar-refractivity contribution is 0.102. The molecule has 3 aromatic rings. The van der Waals surface area contributed by atoms with Gasteiger partial charge in [-0.3, -0.25) is 4.79 Å². The molecule has 0 aromatic heterocycles. The lowest BCUT2D eigenvalue weighted by Crippen LogP contribution is -2.14. The number of nitrogens with one attached hydrogen (secondary N) is 2. The summed E-state index contributed by atoms with van der Waals surface area (Å²) in [5.74, 6) is 0.786. The van der Waals surface area contributed by atoms with Crippen molar-refractivity contribution in [3.05, 3.63) is 84.4 Å². The quantitative estimate of drug-likeness (QED) is 0.478. The largest absolute Gasteiger partial charge is 0.377 e. The number of rotatable bonds is 7. The van der Waals surface area contributed by atoms with Gasteiger partial charge in [-0.05, 0) is 61.4 Å². The molecule has 29 heavy (non-hydrogen) atoms. The Bertz CT molecular complexity index is 939. The van der Waals surface area contributed by atoms with Crippen molar-refractivity contribution in [2.75, 3.05) is 23.0 Å². The van der Waals surface area contributed by atoms with Gasteiger partial charge >= 0.3 is 0 Å². The average molecular weight is 405 g/mol. The number of hydrogen-bond acceptors (Lipinski definition) is 4. The van der Waals surface area contributed by atoms with Crippen LogP contribution in [0.4, 0.5) is 17.1 Å². The van der Waals surface area contributed by atoms with Crippen molar-refractivity contribution in [2.24, 2.45) is 0 Å². The van der Waals surface area contributed by atoms with E-state index in [9.17, 15) is 4.79 Å². The van der Waals surface area contributed by atoms with Crippen molar-refractivity contribution in [1.82, 2.24) is 0 Å². The fourth-order valence-corrected chi connectivity index (χ4v) is 4.38. The second kappa shape index (κ2) is 9.63. The number of thioether (sulfide) groups is 1. The summed E-state index contributed by atoms with van der Waals surface area (Å²) in [6, 6.07) is 25.5. The monoisotopic (exact) mass is 404 g/mol. The Kier molecular flexibility index (Phi) is 6.49. The summed E-state index contributed by atoms with van der Waals surface area (Å²) in [4.78, 5) is 13.8. The molecule has 4 nitrogen and oxygen atoms in total. The Morgan fingerprint density at radius 1 is 0.897 bits per heavy atom. The van der Waals surface area contributed by atoms with Crippen LogP contribution in [0.1, 0.15) is 23.2 Å². The van der Waals surface area contributed by atoms with Crippen LogP contribution in [0.5, 0.6) is 0 Å². The van der Waals surface area contributed by atoms with Crippen LogP contribution in [0.15, 0.2) is 83.8 Å². The van der Waals surface area contributed by atoms with Crippen molar-refractivity contribution in [1.29, 1.82) is 0 Å². The van der Waals surface area contributed by atoms with Crippen LogP contribution in [0.3, 0.4) is 0 Å². The molecule has 1 heterocycles. The van der Waals surface area contributed by atoms with E-state index in [1.54, 1.807) is 11.8 Å². The number of para-hydroxylation sites is 1. The summed E-state index contributed by atoms with van der Waals surface area (Å²) in [6.07, 6.45) is 2.52. The Morgan fingerprint density at radius 3 is 2.34 bits per heavy atom. The molecular formula is C24H24N2O2S. The molecule has 1 aliphatic heterocycles. The molecule has 0 spiro atoms. The van der Waals surface area contributed by atoms with Crippen molar-refractivity contribution < 1.29 is 9.53 Å². The van der Waals surface area contributed by atoms with Crippen LogP contribution >= 0.6 is 11.8 Å². The van der Waals surface area contributed by atoms with Crippen molar-refractivity contribution in [3.63, 3.8) is 0 Å². The number of anilines is 3. The Balaban J connectivity index is 1.38. The van der Waals surface area contributed by atoms with Crippen LogP contribution in [-0.2, 0) is 4.74 Å². The molecule has 3 aromatic carbocycles. The van der Waals surface area contributed by atoms with Gasteiger partial charge in [0.25, 0.3) is 5.91 Å². The lowest BCUT2D eigenvalue weighted by atomic mass is 10.2. The van der Waals surface area contributed by atoms with Crippen LogP contribution in [-0.4, -0.2) is 24.4 Å². The van der Waals surface area contributed by atoms with E-state index in [-0.39, 0.29) is 5.91 Å². The summed E-state index contributed by atoms with van der Waals surface area (Å²) >= 11 is 1.69. The second-order valence-electron chi connectivity index (χ2n) is 6.96. The number of hydrogen-bond donors (Lipinski definition) is 2. The third kappa shape index (κ3) is 5.40. The van der Waals surface area contributed by atoms with Crippen LogP contribution in [0, 0.1) is 0 Å². The molecule has 4 rings (SSSR count). The van der Waals surface area contributed by atoms with E-state index in [1.165, 1.54) is 0 Å². The first-order valence-electron chi connectivity index (χ1n) is 9.85. The topological polar surface area (TPSA) is 50.4 Å². The number of amides is 1. The van der Waals surface area contributed by atoms with Crippen molar-refractivity contribution >= 4 is 34.7 Å². The molecule has 1 aliphatic rings. The molecule has 0 radical (unpaired) electrons. The normalized spacial score (nSPS) is 15.8. The maximum atomic E-state index is 12.8. The summed E-state index contributed by atoms with van der Waals surface area (Å²) in [5, 5.41) is 6.35. The molecule has 148 valence electrons. The molecular weight excluding hydrogens is 380 g/mol. The third-order valence-corrected chi connectivity index (χ3v) is 5.99. The number of ether oxygens (including phenoxy) is 1. The van der Waals surface area contributed by atoms with Crippen molar-refractivity contribution in [2.45, 2.75) is 23.8 Å². The molecule has 0 aliphatic carbocycles. The molecule has 0 unspecified atom stereocenters. The molecule has 1 fully saturated rings. The van der Waals surface area contributed by atoms with Gasteiger partial charge in [0.05, 0.1) is 11.7 Å². The number of carbonyl (C=O) groups excluding carboxylic acids is 1. The van der Waals surface area contributed by atoms with Crippen LogP contribution in [0.25, 0.3) is 0 Å². The van der Waals surface area contributed by atoms with E-state index in [4.69, 9.17) is 4.74 Å². The molecule has 1 amide bonds. The maximum Gasteiger partial charge on any atom is 0.256 e. The first-order valence-corrected chi connectivity index (χ1v) is 10.8. The van der Waals surface area contributed by atoms with E-state index in [0.29, 0.717) is 11.7 Å². The van der Waals surface area contributed by atoms with E-state index >= 15 is 0 Å². The highest BCUT2D eigenvalue weighted by molar-refractivity contribution is 7.99. The maximum absolute atomic E-state index is 12.8. The van der Waals surface area contributed by atoms with Gasteiger partial charge in [-0.1, -0.05) is 30.3 Å².